The number of pyridine rings is 1. The molecule has 7 rings (SSSR count). The molecule has 1 atom stereocenters. The highest BCUT2D eigenvalue weighted by Crippen LogP contribution is 2.47. The summed E-state index contributed by atoms with van der Waals surface area (Å²) in [7, 11) is 1.55. The Kier molecular flexibility index (Phi) is 7.06. The van der Waals surface area contributed by atoms with Crippen molar-refractivity contribution >= 4 is 56.0 Å². The number of hydrogen-bond acceptors (Lipinski definition) is 12. The normalized spacial score (nSPS) is 14.1. The van der Waals surface area contributed by atoms with Crippen molar-refractivity contribution in [3.63, 3.8) is 0 Å². The van der Waals surface area contributed by atoms with Gasteiger partial charge in [0.2, 0.25) is 5.88 Å². The molecule has 0 radical (unpaired) electrons. The molecule has 6 aromatic rings. The minimum atomic E-state index is -0.655. The molecule has 0 saturated carbocycles. The van der Waals surface area contributed by atoms with E-state index >= 15 is 0 Å². The van der Waals surface area contributed by atoms with Crippen LogP contribution in [0.3, 0.4) is 0 Å². The van der Waals surface area contributed by atoms with Crippen LogP contribution in [0.15, 0.2) is 49.1 Å². The summed E-state index contributed by atoms with van der Waals surface area (Å²) >= 11 is 8.08. The van der Waals surface area contributed by atoms with E-state index in [-0.39, 0.29) is 13.2 Å². The van der Waals surface area contributed by atoms with Crippen molar-refractivity contribution < 1.29 is 23.7 Å². The van der Waals surface area contributed by atoms with Crippen molar-refractivity contribution in [2.24, 2.45) is 0 Å². The second-order valence-corrected chi connectivity index (χ2v) is 11.3. The van der Waals surface area contributed by atoms with Gasteiger partial charge in [0.25, 0.3) is 0 Å². The zero-order chi connectivity index (χ0) is 30.4. The zero-order valence-corrected chi connectivity index (χ0v) is 25.1. The number of methoxy groups -OCH3 is 1. The van der Waals surface area contributed by atoms with Crippen LogP contribution in [0.2, 0.25) is 5.02 Å². The molecule has 1 amide bonds. The van der Waals surface area contributed by atoms with Gasteiger partial charge in [0.15, 0.2) is 23.4 Å². The van der Waals surface area contributed by atoms with Crippen LogP contribution in [0.25, 0.3) is 37.6 Å². The SMILES string of the molecule is COc1cnc2c(-c3nc4c(Cl)cc5c(c4s3)OC[C@H](COC(=O)Nc3ccc(-n4cnc(C)n4)nc3)O5)cc(C)cc2n1. The third-order valence-electron chi connectivity index (χ3n) is 6.69. The Balaban J connectivity index is 1.05. The Morgan fingerprint density at radius 2 is 2.02 bits per heavy atom. The fourth-order valence-corrected chi connectivity index (χ4v) is 6.08. The molecule has 1 N–H and O–H groups in total. The van der Waals surface area contributed by atoms with Crippen LogP contribution in [0.5, 0.6) is 17.4 Å². The largest absolute Gasteiger partial charge is 0.484 e. The first-order chi connectivity index (χ1) is 21.3. The standard InChI is InChI=1S/C29H23ClN8O5S/c1-14-6-18(24-20(7-14)35-23(40-3)10-32-24)28-36-25-19(30)8-21-26(27(25)44-28)41-11-17(43-21)12-42-29(39)34-16-4-5-22(31-9-16)38-13-33-15(2)37-38/h4-10,13,17H,11-12H2,1-3H3,(H,34,39)/t17-/m1/s1. The van der Waals surface area contributed by atoms with Crippen LogP contribution in [0, 0.1) is 13.8 Å². The maximum atomic E-state index is 12.4. The summed E-state index contributed by atoms with van der Waals surface area (Å²) in [5.41, 5.74) is 4.29. The molecule has 4 aromatic heterocycles. The van der Waals surface area contributed by atoms with E-state index < -0.39 is 12.2 Å². The lowest BCUT2D eigenvalue weighted by atomic mass is 10.1. The molecule has 2 aromatic carbocycles. The number of halogens is 1. The van der Waals surface area contributed by atoms with Gasteiger partial charge < -0.3 is 18.9 Å². The van der Waals surface area contributed by atoms with Gasteiger partial charge in [0, 0.05) is 11.6 Å². The number of carbonyl (C=O) groups excluding carboxylic acids is 1. The highest BCUT2D eigenvalue weighted by molar-refractivity contribution is 7.22. The molecule has 44 heavy (non-hydrogen) atoms. The molecule has 0 unspecified atom stereocenters. The van der Waals surface area contributed by atoms with Gasteiger partial charge in [-0.05, 0) is 43.7 Å². The lowest BCUT2D eigenvalue weighted by molar-refractivity contribution is 0.0384. The number of hydrogen-bond donors (Lipinski definition) is 1. The fourth-order valence-electron chi connectivity index (χ4n) is 4.69. The van der Waals surface area contributed by atoms with Crippen molar-refractivity contribution in [3.05, 3.63) is 65.5 Å². The number of rotatable bonds is 6. The smallest absolute Gasteiger partial charge is 0.411 e. The van der Waals surface area contributed by atoms with Crippen molar-refractivity contribution in [3.8, 4) is 33.8 Å². The molecule has 0 spiro atoms. The quantitative estimate of drug-likeness (QED) is 0.247. The summed E-state index contributed by atoms with van der Waals surface area (Å²) in [6, 6.07) is 9.03. The number of aryl methyl sites for hydroxylation is 2. The molecule has 5 heterocycles. The first kappa shape index (κ1) is 27.7. The summed E-state index contributed by atoms with van der Waals surface area (Å²) in [5.74, 6) is 2.61. The first-order valence-electron chi connectivity index (χ1n) is 13.4. The number of thiazole rings is 1. The van der Waals surface area contributed by atoms with E-state index in [2.05, 4.69) is 30.4 Å². The maximum absolute atomic E-state index is 12.4. The number of amides is 1. The van der Waals surface area contributed by atoms with Crippen molar-refractivity contribution in [2.75, 3.05) is 25.6 Å². The highest BCUT2D eigenvalue weighted by atomic mass is 35.5. The summed E-state index contributed by atoms with van der Waals surface area (Å²) in [4.78, 5) is 34.7. The van der Waals surface area contributed by atoms with E-state index in [1.165, 1.54) is 17.5 Å². The van der Waals surface area contributed by atoms with Gasteiger partial charge in [-0.25, -0.2) is 34.4 Å². The lowest BCUT2D eigenvalue weighted by Crippen LogP contribution is -2.35. The van der Waals surface area contributed by atoms with E-state index in [1.807, 2.05) is 19.1 Å². The Morgan fingerprint density at radius 3 is 2.80 bits per heavy atom. The summed E-state index contributed by atoms with van der Waals surface area (Å²) in [6.07, 6.45) is 3.45. The number of nitrogens with one attached hydrogen (secondary N) is 1. The molecular formula is C29H23ClN8O5S. The molecule has 0 aliphatic carbocycles. The third kappa shape index (κ3) is 5.29. The third-order valence-corrected chi connectivity index (χ3v) is 8.07. The number of carbonyl (C=O) groups is 1. The van der Waals surface area contributed by atoms with Crippen molar-refractivity contribution in [2.45, 2.75) is 20.0 Å². The van der Waals surface area contributed by atoms with Gasteiger partial charge in [-0.15, -0.1) is 11.3 Å². The average molecular weight is 631 g/mol. The molecular weight excluding hydrogens is 608 g/mol. The summed E-state index contributed by atoms with van der Waals surface area (Å²) in [6.45, 7) is 3.89. The highest BCUT2D eigenvalue weighted by Gasteiger charge is 2.28. The fraction of sp³-hybridized carbons (Fsp3) is 0.207. The van der Waals surface area contributed by atoms with Crippen molar-refractivity contribution in [1.29, 1.82) is 0 Å². The number of anilines is 1. The molecule has 222 valence electrons. The van der Waals surface area contributed by atoms with Crippen LogP contribution >= 0.6 is 22.9 Å². The minimum absolute atomic E-state index is 0.0456. The van der Waals surface area contributed by atoms with E-state index in [0.29, 0.717) is 61.3 Å². The van der Waals surface area contributed by atoms with Gasteiger partial charge in [0.1, 0.15) is 40.6 Å². The topological polar surface area (TPSA) is 148 Å². The van der Waals surface area contributed by atoms with Crippen LogP contribution in [0.4, 0.5) is 10.5 Å². The van der Waals surface area contributed by atoms with E-state index in [1.54, 1.807) is 49.4 Å². The Labute approximate surface area is 258 Å². The predicted octanol–water partition coefficient (Wildman–Crippen LogP) is 5.55. The number of benzene rings is 2. The minimum Gasteiger partial charge on any atom is -0.484 e. The van der Waals surface area contributed by atoms with Gasteiger partial charge in [-0.1, -0.05) is 11.6 Å². The molecule has 1 aliphatic rings. The molecule has 13 nitrogen and oxygen atoms in total. The summed E-state index contributed by atoms with van der Waals surface area (Å²) in [5, 5.41) is 7.98. The van der Waals surface area contributed by atoms with Crippen LogP contribution in [0.1, 0.15) is 11.4 Å². The Hall–Kier alpha value is -5.08. The number of fused-ring (bicyclic) bond motifs is 4. The van der Waals surface area contributed by atoms with Gasteiger partial charge in [-0.3, -0.25) is 5.32 Å². The van der Waals surface area contributed by atoms with E-state index in [9.17, 15) is 4.79 Å². The van der Waals surface area contributed by atoms with Gasteiger partial charge in [-0.2, -0.15) is 5.10 Å². The molecule has 0 fully saturated rings. The van der Waals surface area contributed by atoms with E-state index in [0.717, 1.165) is 15.8 Å². The maximum Gasteiger partial charge on any atom is 0.411 e. The van der Waals surface area contributed by atoms with Crippen LogP contribution in [-0.2, 0) is 4.74 Å². The second-order valence-electron chi connectivity index (χ2n) is 9.89. The van der Waals surface area contributed by atoms with Crippen LogP contribution < -0.4 is 19.5 Å². The Morgan fingerprint density at radius 1 is 1.14 bits per heavy atom. The Bertz CT molecular complexity index is 2050. The van der Waals surface area contributed by atoms with Gasteiger partial charge >= 0.3 is 6.09 Å². The average Bonchev–Trinajstić information content (AvgIpc) is 3.67. The van der Waals surface area contributed by atoms with E-state index in [4.69, 9.17) is 35.5 Å². The molecule has 1 aliphatic heterocycles. The molecule has 0 saturated heterocycles. The monoisotopic (exact) mass is 630 g/mol. The first-order valence-corrected chi connectivity index (χ1v) is 14.6. The molecule has 15 heteroatoms. The number of nitrogens with zero attached hydrogens (tertiary/aromatic N) is 7. The lowest BCUT2D eigenvalue weighted by Gasteiger charge is -2.26. The predicted molar refractivity (Wildman–Crippen MR) is 163 cm³/mol. The van der Waals surface area contributed by atoms with Crippen molar-refractivity contribution in [1.82, 2.24) is 34.7 Å². The van der Waals surface area contributed by atoms with Gasteiger partial charge in [0.05, 0.1) is 41.2 Å². The number of ether oxygens (including phenoxy) is 4. The second kappa shape index (κ2) is 11.2. The molecule has 0 bridgehead atoms. The summed E-state index contributed by atoms with van der Waals surface area (Å²) < 4.78 is 25.2. The zero-order valence-electron chi connectivity index (χ0n) is 23.6. The number of aromatic nitrogens is 7. The van der Waals surface area contributed by atoms with Crippen LogP contribution in [-0.4, -0.2) is 67.2 Å².